The van der Waals surface area contributed by atoms with Crippen LogP contribution in [0.1, 0.15) is 61.4 Å². The van der Waals surface area contributed by atoms with Crippen LogP contribution in [0, 0.1) is 0 Å². The molecule has 1 N–H and O–H groups in total. The van der Waals surface area contributed by atoms with E-state index in [2.05, 4.69) is 91.9 Å². The van der Waals surface area contributed by atoms with Crippen molar-refractivity contribution in [3.63, 3.8) is 0 Å². The van der Waals surface area contributed by atoms with Gasteiger partial charge in [0.15, 0.2) is 0 Å². The van der Waals surface area contributed by atoms with Crippen LogP contribution >= 0.6 is 0 Å². The molecule has 1 aromatic heterocycles. The zero-order chi connectivity index (χ0) is 26.0. The lowest BCUT2D eigenvalue weighted by Gasteiger charge is -2.18. The fourth-order valence-electron chi connectivity index (χ4n) is 3.93. The summed E-state index contributed by atoms with van der Waals surface area (Å²) >= 11 is 0. The number of benzene rings is 2. The van der Waals surface area contributed by atoms with Crippen molar-refractivity contribution in [2.75, 3.05) is 13.1 Å². The van der Waals surface area contributed by atoms with Crippen LogP contribution in [-0.2, 0) is 12.8 Å². The summed E-state index contributed by atoms with van der Waals surface area (Å²) in [7, 11) is 0. The van der Waals surface area contributed by atoms with E-state index in [-0.39, 0.29) is 6.04 Å². The van der Waals surface area contributed by atoms with Crippen molar-refractivity contribution in [3.05, 3.63) is 127 Å². The van der Waals surface area contributed by atoms with Crippen LogP contribution in [0.3, 0.4) is 0 Å². The van der Waals surface area contributed by atoms with Crippen LogP contribution in [0.25, 0.3) is 0 Å². The molecule has 1 fully saturated rings. The molecule has 192 valence electrons. The average Bonchev–Trinajstić information content (AvgIpc) is 3.38. The van der Waals surface area contributed by atoms with E-state index < -0.39 is 6.17 Å². The van der Waals surface area contributed by atoms with Crippen LogP contribution < -0.4 is 5.32 Å². The fourth-order valence-corrected chi connectivity index (χ4v) is 3.93. The van der Waals surface area contributed by atoms with Gasteiger partial charge in [-0.2, -0.15) is 0 Å². The van der Waals surface area contributed by atoms with Gasteiger partial charge in [0.1, 0.15) is 6.17 Å². The van der Waals surface area contributed by atoms with Gasteiger partial charge in [0.25, 0.3) is 0 Å². The summed E-state index contributed by atoms with van der Waals surface area (Å²) in [4.78, 5) is 5.93. The largest absolute Gasteiger partial charge is 0.381 e. The van der Waals surface area contributed by atoms with Gasteiger partial charge in [-0.3, -0.25) is 4.98 Å². The molecular formula is C32H42FN3. The summed E-state index contributed by atoms with van der Waals surface area (Å²) in [5.41, 5.74) is 5.23. The first kappa shape index (κ1) is 28.8. The zero-order valence-corrected chi connectivity index (χ0v) is 22.0. The maximum Gasteiger partial charge on any atom is 0.119 e. The highest BCUT2D eigenvalue weighted by Gasteiger charge is 2.17. The molecule has 1 saturated heterocycles. The first-order valence-corrected chi connectivity index (χ1v) is 13.0. The molecule has 2 atom stereocenters. The van der Waals surface area contributed by atoms with E-state index in [4.69, 9.17) is 0 Å². The minimum Gasteiger partial charge on any atom is -0.381 e. The first-order chi connectivity index (χ1) is 17.6. The monoisotopic (exact) mass is 487 g/mol. The lowest BCUT2D eigenvalue weighted by atomic mass is 9.97. The fraction of sp³-hybridized carbons (Fsp3) is 0.344. The molecule has 2 unspecified atom stereocenters. The molecule has 0 saturated carbocycles. The van der Waals surface area contributed by atoms with Crippen LogP contribution in [-0.4, -0.2) is 29.1 Å². The van der Waals surface area contributed by atoms with Gasteiger partial charge in [0.05, 0.1) is 6.04 Å². The van der Waals surface area contributed by atoms with Gasteiger partial charge in [0.2, 0.25) is 0 Å². The Morgan fingerprint density at radius 2 is 1.72 bits per heavy atom. The molecule has 2 heterocycles. The lowest BCUT2D eigenvalue weighted by Crippen LogP contribution is -2.16. The van der Waals surface area contributed by atoms with Gasteiger partial charge in [-0.05, 0) is 66.4 Å². The standard InChI is InChI=1S/C17H19N.C9H13N.C6H10FN/c1-3-14-10-12-16(13-11-14)17(18-4-2)15-8-6-5-7-9-15;1-2-3-5-9-6-4-7-10-8-9;1-2-8-4-3-6(7)5-8/h4-13,17-18H,2-3H2,1H3;4,6-8H,2-3,5H2,1H3;2,6H,1,3-5H2. The Labute approximate surface area is 217 Å². The maximum atomic E-state index is 12.3. The van der Waals surface area contributed by atoms with Crippen molar-refractivity contribution in [1.29, 1.82) is 0 Å². The summed E-state index contributed by atoms with van der Waals surface area (Å²) in [6.45, 7) is 13.1. The van der Waals surface area contributed by atoms with E-state index >= 15 is 0 Å². The highest BCUT2D eigenvalue weighted by molar-refractivity contribution is 5.34. The molecule has 0 bridgehead atoms. The number of rotatable bonds is 9. The van der Waals surface area contributed by atoms with Gasteiger partial charge in [-0.1, -0.05) is 94.1 Å². The van der Waals surface area contributed by atoms with Gasteiger partial charge in [-0.15, -0.1) is 0 Å². The molecule has 0 spiro atoms. The molecule has 2 aromatic carbocycles. The van der Waals surface area contributed by atoms with E-state index in [1.807, 2.05) is 29.4 Å². The molecule has 0 amide bonds. The molecular weight excluding hydrogens is 445 g/mol. The topological polar surface area (TPSA) is 28.2 Å². The van der Waals surface area contributed by atoms with Gasteiger partial charge in [0, 0.05) is 25.5 Å². The van der Waals surface area contributed by atoms with Crippen LogP contribution in [0.4, 0.5) is 4.39 Å². The minimum absolute atomic E-state index is 0.176. The lowest BCUT2D eigenvalue weighted by molar-refractivity contribution is 0.334. The summed E-state index contributed by atoms with van der Waals surface area (Å²) in [5, 5.41) is 3.32. The smallest absolute Gasteiger partial charge is 0.119 e. The summed E-state index contributed by atoms with van der Waals surface area (Å²) in [6.07, 6.45) is 12.0. The van der Waals surface area contributed by atoms with Crippen molar-refractivity contribution in [3.8, 4) is 0 Å². The number of hydrogen-bond acceptors (Lipinski definition) is 3. The number of hydrogen-bond donors (Lipinski definition) is 1. The minimum atomic E-state index is -0.618. The third-order valence-corrected chi connectivity index (χ3v) is 6.10. The Kier molecular flexibility index (Phi) is 13.7. The number of likely N-dealkylation sites (tertiary alicyclic amines) is 1. The normalized spacial score (nSPS) is 15.0. The van der Waals surface area contributed by atoms with E-state index in [1.165, 1.54) is 41.5 Å². The predicted octanol–water partition coefficient (Wildman–Crippen LogP) is 7.67. The molecule has 1 aliphatic rings. The molecule has 0 aliphatic carbocycles. The Morgan fingerprint density at radius 3 is 2.22 bits per heavy atom. The molecule has 1 aliphatic heterocycles. The zero-order valence-electron chi connectivity index (χ0n) is 22.0. The number of nitrogens with zero attached hydrogens (tertiary/aromatic N) is 2. The van der Waals surface area contributed by atoms with Crippen LogP contribution in [0.5, 0.6) is 0 Å². The van der Waals surface area contributed by atoms with Gasteiger partial charge in [-0.25, -0.2) is 4.39 Å². The summed E-state index contributed by atoms with van der Waals surface area (Å²) in [6, 6.07) is 23.5. The average molecular weight is 488 g/mol. The second-order valence-corrected chi connectivity index (χ2v) is 8.84. The highest BCUT2D eigenvalue weighted by atomic mass is 19.1. The maximum absolute atomic E-state index is 12.3. The number of unbranched alkanes of at least 4 members (excludes halogenated alkanes) is 1. The van der Waals surface area contributed by atoms with Crippen LogP contribution in [0.15, 0.2) is 105 Å². The van der Waals surface area contributed by atoms with E-state index in [1.54, 1.807) is 12.4 Å². The van der Waals surface area contributed by atoms with E-state index in [0.29, 0.717) is 13.0 Å². The molecule has 3 aromatic rings. The van der Waals surface area contributed by atoms with Gasteiger partial charge < -0.3 is 10.2 Å². The summed E-state index contributed by atoms with van der Waals surface area (Å²) in [5.74, 6) is 0. The van der Waals surface area contributed by atoms with Crippen molar-refractivity contribution in [2.45, 2.75) is 58.2 Å². The van der Waals surface area contributed by atoms with Crippen molar-refractivity contribution in [1.82, 2.24) is 15.2 Å². The molecule has 36 heavy (non-hydrogen) atoms. The van der Waals surface area contributed by atoms with E-state index in [9.17, 15) is 4.39 Å². The molecule has 3 nitrogen and oxygen atoms in total. The number of alkyl halides is 1. The third kappa shape index (κ3) is 10.5. The highest BCUT2D eigenvalue weighted by Crippen LogP contribution is 2.22. The second-order valence-electron chi connectivity index (χ2n) is 8.84. The molecule has 4 rings (SSSR count). The van der Waals surface area contributed by atoms with E-state index in [0.717, 1.165) is 13.0 Å². The quantitative estimate of drug-likeness (QED) is 0.336. The number of nitrogens with one attached hydrogen (secondary N) is 1. The number of aryl methyl sites for hydroxylation is 2. The number of pyridine rings is 1. The SMILES string of the molecule is C=CN1CCC(F)C1.C=CNC(c1ccccc1)c1ccc(CC)cc1.CCCCc1cccnc1. The van der Waals surface area contributed by atoms with Gasteiger partial charge >= 0.3 is 0 Å². The summed E-state index contributed by atoms with van der Waals surface area (Å²) < 4.78 is 12.3. The Hall–Kier alpha value is -3.40. The first-order valence-electron chi connectivity index (χ1n) is 13.0. The molecule has 4 heteroatoms. The Bertz CT molecular complexity index is 973. The van der Waals surface area contributed by atoms with Crippen molar-refractivity contribution >= 4 is 0 Å². The second kappa shape index (κ2) is 17.1. The number of halogens is 1. The van der Waals surface area contributed by atoms with Crippen molar-refractivity contribution < 1.29 is 4.39 Å². The van der Waals surface area contributed by atoms with Crippen molar-refractivity contribution in [2.24, 2.45) is 0 Å². The third-order valence-electron chi connectivity index (χ3n) is 6.10. The Balaban J connectivity index is 0.000000213. The van der Waals surface area contributed by atoms with Crippen LogP contribution in [0.2, 0.25) is 0 Å². The predicted molar refractivity (Wildman–Crippen MR) is 152 cm³/mol. The molecule has 0 radical (unpaired) electrons. The number of aromatic nitrogens is 1. The Morgan fingerprint density at radius 1 is 1.00 bits per heavy atom.